The average Bonchev–Trinajstić information content (AvgIpc) is 2.13. The second kappa shape index (κ2) is 5.10. The Labute approximate surface area is 83.9 Å². The fourth-order valence-corrected chi connectivity index (χ4v) is 1.26. The molecule has 0 aliphatic heterocycles. The van der Waals surface area contributed by atoms with Crippen molar-refractivity contribution in [1.82, 2.24) is 0 Å². The Morgan fingerprint density at radius 3 is 2.92 bits per heavy atom. The highest BCUT2D eigenvalue weighted by Crippen LogP contribution is 2.22. The van der Waals surface area contributed by atoms with Crippen molar-refractivity contribution in [2.24, 2.45) is 0 Å². The monoisotopic (exact) mass is 199 g/mol. The molecule has 0 bridgehead atoms. The normalized spacial score (nSPS) is 10.1. The number of nitrogens with one attached hydrogen (secondary N) is 1. The largest absolute Gasteiger partial charge is 0.383 e. The van der Waals surface area contributed by atoms with Crippen LogP contribution in [0.15, 0.2) is 18.2 Å². The van der Waals surface area contributed by atoms with Crippen LogP contribution in [-0.2, 0) is 4.74 Å². The van der Waals surface area contributed by atoms with E-state index in [-0.39, 0.29) is 0 Å². The predicted octanol–water partition coefficient (Wildman–Crippen LogP) is 2.71. The third-order valence-electron chi connectivity index (χ3n) is 1.89. The molecule has 0 aliphatic rings. The van der Waals surface area contributed by atoms with Crippen LogP contribution < -0.4 is 5.32 Å². The highest BCUT2D eigenvalue weighted by atomic mass is 35.5. The molecule has 0 fully saturated rings. The number of hydrogen-bond acceptors (Lipinski definition) is 2. The van der Waals surface area contributed by atoms with Gasteiger partial charge in [0.1, 0.15) is 0 Å². The summed E-state index contributed by atoms with van der Waals surface area (Å²) in [5.74, 6) is 0. The molecule has 3 heteroatoms. The van der Waals surface area contributed by atoms with Crippen molar-refractivity contribution >= 4 is 17.3 Å². The van der Waals surface area contributed by atoms with Crippen LogP contribution in [0.2, 0.25) is 5.02 Å². The number of halogens is 1. The number of ether oxygens (including phenoxy) is 1. The van der Waals surface area contributed by atoms with Gasteiger partial charge in [-0.15, -0.1) is 0 Å². The van der Waals surface area contributed by atoms with Crippen molar-refractivity contribution in [3.05, 3.63) is 28.8 Å². The Morgan fingerprint density at radius 1 is 1.46 bits per heavy atom. The molecule has 2 nitrogen and oxygen atoms in total. The minimum Gasteiger partial charge on any atom is -0.383 e. The van der Waals surface area contributed by atoms with Crippen molar-refractivity contribution in [2.45, 2.75) is 6.92 Å². The molecule has 0 saturated heterocycles. The van der Waals surface area contributed by atoms with Crippen molar-refractivity contribution in [1.29, 1.82) is 0 Å². The molecular formula is C10H14ClNO. The number of anilines is 1. The molecule has 0 radical (unpaired) electrons. The maximum atomic E-state index is 5.96. The van der Waals surface area contributed by atoms with Gasteiger partial charge in [-0.3, -0.25) is 0 Å². The molecule has 0 aromatic heterocycles. The zero-order valence-electron chi connectivity index (χ0n) is 7.93. The second-order valence-electron chi connectivity index (χ2n) is 2.83. The van der Waals surface area contributed by atoms with Gasteiger partial charge in [0.25, 0.3) is 0 Å². The minimum atomic E-state index is 0.700. The third-order valence-corrected chi connectivity index (χ3v) is 2.30. The topological polar surface area (TPSA) is 21.3 Å². The standard InChI is InChI=1S/C10H14ClNO/c1-8-9(11)4-3-5-10(8)12-6-7-13-2/h3-5,12H,6-7H2,1-2H3. The summed E-state index contributed by atoms with van der Waals surface area (Å²) in [5.41, 5.74) is 2.16. The summed E-state index contributed by atoms with van der Waals surface area (Å²) in [6, 6.07) is 5.83. The van der Waals surface area contributed by atoms with Crippen molar-refractivity contribution in [2.75, 3.05) is 25.6 Å². The summed E-state index contributed by atoms with van der Waals surface area (Å²) in [6.07, 6.45) is 0. The maximum absolute atomic E-state index is 5.96. The van der Waals surface area contributed by atoms with E-state index in [2.05, 4.69) is 5.32 Å². The van der Waals surface area contributed by atoms with Gasteiger partial charge in [0.05, 0.1) is 6.61 Å². The first-order valence-electron chi connectivity index (χ1n) is 4.23. The van der Waals surface area contributed by atoms with Crippen LogP contribution in [0.3, 0.4) is 0 Å². The first kappa shape index (κ1) is 10.4. The molecule has 0 aliphatic carbocycles. The van der Waals surface area contributed by atoms with Crippen molar-refractivity contribution in [3.8, 4) is 0 Å². The SMILES string of the molecule is COCCNc1cccc(Cl)c1C. The summed E-state index contributed by atoms with van der Waals surface area (Å²) in [5, 5.41) is 4.04. The van der Waals surface area contributed by atoms with E-state index in [0.29, 0.717) is 6.61 Å². The number of methoxy groups -OCH3 is 1. The molecule has 1 aromatic rings. The molecular weight excluding hydrogens is 186 g/mol. The Kier molecular flexibility index (Phi) is 4.06. The molecule has 0 saturated carbocycles. The van der Waals surface area contributed by atoms with E-state index in [9.17, 15) is 0 Å². The number of benzene rings is 1. The second-order valence-corrected chi connectivity index (χ2v) is 3.24. The zero-order valence-corrected chi connectivity index (χ0v) is 8.69. The molecule has 0 spiro atoms. The van der Waals surface area contributed by atoms with Gasteiger partial charge in [0, 0.05) is 24.4 Å². The molecule has 1 aromatic carbocycles. The van der Waals surface area contributed by atoms with E-state index in [1.807, 2.05) is 25.1 Å². The summed E-state index contributed by atoms with van der Waals surface area (Å²) in [4.78, 5) is 0. The van der Waals surface area contributed by atoms with Crippen LogP contribution in [0.1, 0.15) is 5.56 Å². The highest BCUT2D eigenvalue weighted by Gasteiger charge is 1.99. The first-order valence-corrected chi connectivity index (χ1v) is 4.61. The van der Waals surface area contributed by atoms with Gasteiger partial charge in [-0.05, 0) is 24.6 Å². The molecule has 13 heavy (non-hydrogen) atoms. The molecule has 1 N–H and O–H groups in total. The average molecular weight is 200 g/mol. The fourth-order valence-electron chi connectivity index (χ4n) is 1.09. The summed E-state index contributed by atoms with van der Waals surface area (Å²) in [7, 11) is 1.69. The minimum absolute atomic E-state index is 0.700. The van der Waals surface area contributed by atoms with Gasteiger partial charge in [-0.2, -0.15) is 0 Å². The lowest BCUT2D eigenvalue weighted by molar-refractivity contribution is 0.211. The van der Waals surface area contributed by atoms with Crippen LogP contribution in [0, 0.1) is 6.92 Å². The van der Waals surface area contributed by atoms with Gasteiger partial charge in [-0.25, -0.2) is 0 Å². The van der Waals surface area contributed by atoms with Gasteiger partial charge < -0.3 is 10.1 Å². The molecule has 0 amide bonds. The van der Waals surface area contributed by atoms with E-state index in [1.165, 1.54) is 0 Å². The molecule has 0 unspecified atom stereocenters. The van der Waals surface area contributed by atoms with Gasteiger partial charge >= 0.3 is 0 Å². The van der Waals surface area contributed by atoms with E-state index in [4.69, 9.17) is 16.3 Å². The first-order chi connectivity index (χ1) is 6.25. The van der Waals surface area contributed by atoms with Crippen molar-refractivity contribution < 1.29 is 4.74 Å². The molecule has 0 atom stereocenters. The quantitative estimate of drug-likeness (QED) is 0.753. The molecule has 0 heterocycles. The van der Waals surface area contributed by atoms with E-state index in [1.54, 1.807) is 7.11 Å². The fraction of sp³-hybridized carbons (Fsp3) is 0.400. The van der Waals surface area contributed by atoms with E-state index < -0.39 is 0 Å². The van der Waals surface area contributed by atoms with Crippen LogP contribution in [-0.4, -0.2) is 20.3 Å². The van der Waals surface area contributed by atoms with Crippen LogP contribution in [0.25, 0.3) is 0 Å². The predicted molar refractivity (Wildman–Crippen MR) is 56.6 cm³/mol. The summed E-state index contributed by atoms with van der Waals surface area (Å²) >= 11 is 5.96. The van der Waals surface area contributed by atoms with Crippen LogP contribution in [0.5, 0.6) is 0 Å². The lowest BCUT2D eigenvalue weighted by Crippen LogP contribution is -2.08. The summed E-state index contributed by atoms with van der Waals surface area (Å²) in [6.45, 7) is 3.50. The Bertz CT molecular complexity index is 276. The Hall–Kier alpha value is -0.730. The van der Waals surface area contributed by atoms with Gasteiger partial charge in [0.15, 0.2) is 0 Å². The smallest absolute Gasteiger partial charge is 0.0635 e. The van der Waals surface area contributed by atoms with Crippen LogP contribution in [0.4, 0.5) is 5.69 Å². The number of hydrogen-bond donors (Lipinski definition) is 1. The summed E-state index contributed by atoms with van der Waals surface area (Å²) < 4.78 is 4.94. The molecule has 72 valence electrons. The zero-order chi connectivity index (χ0) is 9.68. The van der Waals surface area contributed by atoms with E-state index in [0.717, 1.165) is 22.8 Å². The maximum Gasteiger partial charge on any atom is 0.0635 e. The highest BCUT2D eigenvalue weighted by molar-refractivity contribution is 6.31. The van der Waals surface area contributed by atoms with Crippen LogP contribution >= 0.6 is 11.6 Å². The third kappa shape index (κ3) is 2.90. The Balaban J connectivity index is 2.61. The Morgan fingerprint density at radius 2 is 2.23 bits per heavy atom. The number of rotatable bonds is 4. The van der Waals surface area contributed by atoms with Gasteiger partial charge in [0.2, 0.25) is 0 Å². The van der Waals surface area contributed by atoms with E-state index >= 15 is 0 Å². The van der Waals surface area contributed by atoms with Crippen molar-refractivity contribution in [3.63, 3.8) is 0 Å². The lowest BCUT2D eigenvalue weighted by Gasteiger charge is -2.09. The molecule has 1 rings (SSSR count). The lowest BCUT2D eigenvalue weighted by atomic mass is 10.2. The van der Waals surface area contributed by atoms with Gasteiger partial charge in [-0.1, -0.05) is 17.7 Å².